The highest BCUT2D eigenvalue weighted by Gasteiger charge is 2.48. The maximum absolute atomic E-state index is 13.5. The van der Waals surface area contributed by atoms with Crippen LogP contribution in [0.5, 0.6) is 5.75 Å². The fourth-order valence-corrected chi connectivity index (χ4v) is 4.66. The zero-order valence-corrected chi connectivity index (χ0v) is 19.0. The summed E-state index contributed by atoms with van der Waals surface area (Å²) in [6.07, 6.45) is 2.00. The van der Waals surface area contributed by atoms with Gasteiger partial charge < -0.3 is 20.1 Å². The number of hydrogen-bond donors (Lipinski definition) is 2. The number of amides is 2. The van der Waals surface area contributed by atoms with E-state index in [1.807, 2.05) is 30.3 Å². The van der Waals surface area contributed by atoms with Gasteiger partial charge in [0.1, 0.15) is 24.4 Å². The monoisotopic (exact) mass is 471 g/mol. The first-order chi connectivity index (χ1) is 17.0. The number of ketones is 1. The van der Waals surface area contributed by atoms with Crippen LogP contribution < -0.4 is 5.32 Å². The minimum atomic E-state index is -0.895. The van der Waals surface area contributed by atoms with Gasteiger partial charge in [-0.25, -0.2) is 0 Å². The molecular formula is C27H25N3O5. The van der Waals surface area contributed by atoms with Crippen LogP contribution in [-0.2, 0) is 20.7 Å². The van der Waals surface area contributed by atoms with E-state index in [0.717, 1.165) is 16.8 Å². The summed E-state index contributed by atoms with van der Waals surface area (Å²) < 4.78 is 5.51. The van der Waals surface area contributed by atoms with Gasteiger partial charge in [0.05, 0.1) is 17.4 Å². The molecule has 5 rings (SSSR count). The van der Waals surface area contributed by atoms with Gasteiger partial charge in [0.2, 0.25) is 5.91 Å². The first-order valence-electron chi connectivity index (χ1n) is 11.5. The molecule has 0 bridgehead atoms. The largest absolute Gasteiger partial charge is 0.508 e. The molecule has 0 spiro atoms. The van der Waals surface area contributed by atoms with Gasteiger partial charge in [-0.3, -0.25) is 19.4 Å². The molecule has 178 valence electrons. The number of nitrogens with one attached hydrogen (secondary N) is 1. The van der Waals surface area contributed by atoms with E-state index < -0.39 is 18.0 Å². The minimum absolute atomic E-state index is 0.00747. The molecule has 2 fully saturated rings. The number of Topliss-reactive ketones (excluding diaryl/α,β-unsaturated/α-hetero) is 1. The van der Waals surface area contributed by atoms with Crippen LogP contribution in [0, 0.1) is 0 Å². The minimum Gasteiger partial charge on any atom is -0.508 e. The third kappa shape index (κ3) is 4.79. The number of pyridine rings is 1. The second-order valence-corrected chi connectivity index (χ2v) is 8.78. The molecule has 0 saturated carbocycles. The van der Waals surface area contributed by atoms with Crippen molar-refractivity contribution in [2.75, 3.05) is 13.2 Å². The molecule has 3 atom stereocenters. The number of carbonyl (C=O) groups excluding carboxylic acids is 3. The molecule has 2 aromatic carbocycles. The highest BCUT2D eigenvalue weighted by Crippen LogP contribution is 2.28. The number of rotatable bonds is 6. The SMILES string of the molecule is O=C(NC(Cc1ccc(O)cc1)C(=O)N1CCC2OCC(=O)C21)c1ccc(-c2ccccc2)nc1. The number of benzene rings is 2. The summed E-state index contributed by atoms with van der Waals surface area (Å²) in [6.45, 7) is 0.405. The third-order valence-corrected chi connectivity index (χ3v) is 6.47. The lowest BCUT2D eigenvalue weighted by Crippen LogP contribution is -2.53. The van der Waals surface area contributed by atoms with Crippen molar-refractivity contribution in [2.45, 2.75) is 31.0 Å². The molecule has 8 heteroatoms. The zero-order valence-electron chi connectivity index (χ0n) is 19.0. The Bertz CT molecular complexity index is 1230. The van der Waals surface area contributed by atoms with Crippen molar-refractivity contribution in [1.29, 1.82) is 0 Å². The maximum atomic E-state index is 13.5. The molecule has 1 aromatic heterocycles. The fraction of sp³-hybridized carbons (Fsp3) is 0.259. The summed E-state index contributed by atoms with van der Waals surface area (Å²) in [7, 11) is 0. The lowest BCUT2D eigenvalue weighted by molar-refractivity contribution is -0.138. The summed E-state index contributed by atoms with van der Waals surface area (Å²) in [5.74, 6) is -0.761. The van der Waals surface area contributed by atoms with Gasteiger partial charge in [0.25, 0.3) is 5.91 Å². The van der Waals surface area contributed by atoms with Gasteiger partial charge in [-0.2, -0.15) is 0 Å². The Balaban J connectivity index is 1.36. The molecule has 2 N–H and O–H groups in total. The smallest absolute Gasteiger partial charge is 0.253 e. The van der Waals surface area contributed by atoms with Crippen molar-refractivity contribution in [1.82, 2.24) is 15.2 Å². The van der Waals surface area contributed by atoms with Gasteiger partial charge in [-0.15, -0.1) is 0 Å². The first-order valence-corrected chi connectivity index (χ1v) is 11.5. The van der Waals surface area contributed by atoms with Crippen molar-refractivity contribution in [3.8, 4) is 17.0 Å². The first kappa shape index (κ1) is 22.7. The number of nitrogens with zero attached hydrogens (tertiary/aromatic N) is 2. The molecule has 0 radical (unpaired) electrons. The number of carbonyl (C=O) groups is 3. The van der Waals surface area contributed by atoms with Gasteiger partial charge in [0.15, 0.2) is 5.78 Å². The summed E-state index contributed by atoms with van der Waals surface area (Å²) in [4.78, 5) is 44.9. The molecule has 2 aliphatic heterocycles. The van der Waals surface area contributed by atoms with Crippen molar-refractivity contribution >= 4 is 17.6 Å². The molecule has 2 amide bonds. The average Bonchev–Trinajstić information content (AvgIpc) is 3.48. The maximum Gasteiger partial charge on any atom is 0.253 e. The quantitative estimate of drug-likeness (QED) is 0.571. The second-order valence-electron chi connectivity index (χ2n) is 8.78. The third-order valence-electron chi connectivity index (χ3n) is 6.47. The Morgan fingerprint density at radius 2 is 1.86 bits per heavy atom. The van der Waals surface area contributed by atoms with Crippen LogP contribution >= 0.6 is 0 Å². The highest BCUT2D eigenvalue weighted by molar-refractivity contribution is 5.99. The number of fused-ring (bicyclic) bond motifs is 1. The van der Waals surface area contributed by atoms with E-state index in [1.165, 1.54) is 23.2 Å². The van der Waals surface area contributed by atoms with E-state index in [1.54, 1.807) is 24.3 Å². The van der Waals surface area contributed by atoms with Crippen LogP contribution in [0.4, 0.5) is 0 Å². The van der Waals surface area contributed by atoms with E-state index in [0.29, 0.717) is 18.5 Å². The second kappa shape index (κ2) is 9.68. The number of hydrogen-bond acceptors (Lipinski definition) is 6. The number of phenols is 1. The fourth-order valence-electron chi connectivity index (χ4n) is 4.66. The molecule has 3 aromatic rings. The molecular weight excluding hydrogens is 446 g/mol. The van der Waals surface area contributed by atoms with Crippen LogP contribution in [-0.4, -0.2) is 63.9 Å². The topological polar surface area (TPSA) is 109 Å². The van der Waals surface area contributed by atoms with Crippen molar-refractivity contribution in [2.24, 2.45) is 0 Å². The number of phenolic OH excluding ortho intramolecular Hbond substituents is 1. The van der Waals surface area contributed by atoms with Gasteiger partial charge in [0, 0.05) is 24.7 Å². The van der Waals surface area contributed by atoms with Gasteiger partial charge >= 0.3 is 0 Å². The standard InChI is InChI=1S/C27H25N3O5/c31-20-9-6-17(7-10-20)14-22(27(34)30-13-12-24-25(30)23(32)16-35-24)29-26(33)19-8-11-21(28-15-19)18-4-2-1-3-5-18/h1-11,15,22,24-25,31H,12-14,16H2,(H,29,33). The van der Waals surface area contributed by atoms with E-state index in [4.69, 9.17) is 4.74 Å². The van der Waals surface area contributed by atoms with Crippen LogP contribution in [0.25, 0.3) is 11.3 Å². The predicted molar refractivity (Wildman–Crippen MR) is 128 cm³/mol. The molecule has 3 heterocycles. The number of ether oxygens (including phenoxy) is 1. The number of aromatic nitrogens is 1. The Labute approximate surface area is 202 Å². The summed E-state index contributed by atoms with van der Waals surface area (Å²) in [6, 6.07) is 18.0. The van der Waals surface area contributed by atoms with Crippen molar-refractivity contribution < 1.29 is 24.2 Å². The molecule has 0 aliphatic carbocycles. The Morgan fingerprint density at radius 3 is 2.57 bits per heavy atom. The van der Waals surface area contributed by atoms with Crippen molar-refractivity contribution in [3.05, 3.63) is 84.1 Å². The summed E-state index contributed by atoms with van der Waals surface area (Å²) in [5.41, 5.74) is 2.77. The highest BCUT2D eigenvalue weighted by atomic mass is 16.5. The lowest BCUT2D eigenvalue weighted by Gasteiger charge is -2.27. The summed E-state index contributed by atoms with van der Waals surface area (Å²) >= 11 is 0. The molecule has 35 heavy (non-hydrogen) atoms. The Morgan fingerprint density at radius 1 is 1.09 bits per heavy atom. The zero-order chi connectivity index (χ0) is 24.4. The van der Waals surface area contributed by atoms with E-state index in [2.05, 4.69) is 10.3 Å². The molecule has 2 saturated heterocycles. The normalized spacial score (nSPS) is 19.9. The molecule has 2 aliphatic rings. The van der Waals surface area contributed by atoms with Crippen LogP contribution in [0.3, 0.4) is 0 Å². The van der Waals surface area contributed by atoms with Crippen LogP contribution in [0.1, 0.15) is 22.3 Å². The predicted octanol–water partition coefficient (Wildman–Crippen LogP) is 2.36. The van der Waals surface area contributed by atoms with Crippen LogP contribution in [0.2, 0.25) is 0 Å². The van der Waals surface area contributed by atoms with E-state index in [9.17, 15) is 19.5 Å². The molecule has 3 unspecified atom stereocenters. The lowest BCUT2D eigenvalue weighted by atomic mass is 10.0. The summed E-state index contributed by atoms with van der Waals surface area (Å²) in [5, 5.41) is 12.4. The van der Waals surface area contributed by atoms with Crippen molar-refractivity contribution in [3.63, 3.8) is 0 Å². The number of likely N-dealkylation sites (tertiary alicyclic amines) is 1. The van der Waals surface area contributed by atoms with E-state index in [-0.39, 0.29) is 36.6 Å². The van der Waals surface area contributed by atoms with Gasteiger partial charge in [-0.1, -0.05) is 42.5 Å². The number of aromatic hydroxyl groups is 1. The van der Waals surface area contributed by atoms with Gasteiger partial charge in [-0.05, 0) is 36.2 Å². The van der Waals surface area contributed by atoms with Crippen LogP contribution in [0.15, 0.2) is 72.9 Å². The van der Waals surface area contributed by atoms with E-state index >= 15 is 0 Å². The Kier molecular flexibility index (Phi) is 6.29. The Hall–Kier alpha value is -4.04. The molecule has 8 nitrogen and oxygen atoms in total. The average molecular weight is 472 g/mol.